The van der Waals surface area contributed by atoms with Crippen LogP contribution in [0.1, 0.15) is 35.7 Å². The van der Waals surface area contributed by atoms with E-state index in [1.807, 2.05) is 0 Å². The molecule has 0 radical (unpaired) electrons. The lowest BCUT2D eigenvalue weighted by Gasteiger charge is -2.27. The molecule has 0 saturated heterocycles. The van der Waals surface area contributed by atoms with Crippen molar-refractivity contribution < 1.29 is 9.90 Å². The average molecular weight is 279 g/mol. The third kappa shape index (κ3) is 2.37. The summed E-state index contributed by atoms with van der Waals surface area (Å²) in [5.41, 5.74) is 2.57. The zero-order valence-corrected chi connectivity index (χ0v) is 11.6. The molecule has 5 heteroatoms. The number of nitriles is 2. The number of aromatic carboxylic acids is 1. The summed E-state index contributed by atoms with van der Waals surface area (Å²) in [7, 11) is 0. The molecule has 0 fully saturated rings. The number of hydrogen-bond donors (Lipinski definition) is 2. The smallest absolute Gasteiger partial charge is 0.335 e. The quantitative estimate of drug-likeness (QED) is 0.867. The summed E-state index contributed by atoms with van der Waals surface area (Å²) in [5, 5.41) is 31.1. The van der Waals surface area contributed by atoms with Crippen molar-refractivity contribution in [2.24, 2.45) is 0 Å². The first-order valence-corrected chi connectivity index (χ1v) is 6.32. The summed E-state index contributed by atoms with van der Waals surface area (Å²) in [6.45, 7) is 3.49. The number of nitrogens with one attached hydrogen (secondary N) is 1. The zero-order valence-electron chi connectivity index (χ0n) is 11.6. The molecule has 0 aliphatic carbocycles. The van der Waals surface area contributed by atoms with E-state index in [4.69, 9.17) is 0 Å². The minimum Gasteiger partial charge on any atom is -0.478 e. The largest absolute Gasteiger partial charge is 0.478 e. The van der Waals surface area contributed by atoms with Crippen LogP contribution in [0.2, 0.25) is 0 Å². The third-order valence-electron chi connectivity index (χ3n) is 3.50. The lowest BCUT2D eigenvalue weighted by Crippen LogP contribution is -2.24. The van der Waals surface area contributed by atoms with Gasteiger partial charge in [-0.3, -0.25) is 0 Å². The van der Waals surface area contributed by atoms with Crippen LogP contribution in [0.4, 0.5) is 0 Å². The first-order chi connectivity index (χ1) is 10.0. The summed E-state index contributed by atoms with van der Waals surface area (Å²) in [6.07, 6.45) is 0. The highest BCUT2D eigenvalue weighted by Crippen LogP contribution is 2.38. The van der Waals surface area contributed by atoms with Gasteiger partial charge in [0, 0.05) is 11.4 Å². The topological polar surface area (TPSA) is 96.9 Å². The molecule has 2 rings (SSSR count). The van der Waals surface area contributed by atoms with Crippen LogP contribution in [-0.4, -0.2) is 11.1 Å². The Morgan fingerprint density at radius 3 is 2.14 bits per heavy atom. The maximum atomic E-state index is 11.4. The van der Waals surface area contributed by atoms with Gasteiger partial charge in [-0.05, 0) is 25.5 Å². The maximum Gasteiger partial charge on any atom is 0.335 e. The molecule has 0 saturated carbocycles. The molecule has 1 aliphatic heterocycles. The number of allylic oxidation sites excluding steroid dienone is 4. The Balaban J connectivity index is 2.75. The Labute approximate surface area is 122 Å². The molecule has 0 aromatic heterocycles. The minimum absolute atomic E-state index is 0.102. The van der Waals surface area contributed by atoms with Gasteiger partial charge in [-0.1, -0.05) is 18.2 Å². The summed E-state index contributed by atoms with van der Waals surface area (Å²) < 4.78 is 0. The van der Waals surface area contributed by atoms with Crippen molar-refractivity contribution in [2.45, 2.75) is 19.8 Å². The minimum atomic E-state index is -1.07. The van der Waals surface area contributed by atoms with Crippen LogP contribution >= 0.6 is 0 Å². The van der Waals surface area contributed by atoms with E-state index < -0.39 is 11.9 Å². The molecule has 2 N–H and O–H groups in total. The van der Waals surface area contributed by atoms with Gasteiger partial charge in [0.1, 0.15) is 0 Å². The predicted molar refractivity (Wildman–Crippen MR) is 75.9 cm³/mol. The number of carboxylic acids is 1. The first-order valence-electron chi connectivity index (χ1n) is 6.32. The molecule has 104 valence electrons. The third-order valence-corrected chi connectivity index (χ3v) is 3.50. The molecular formula is C16H13N3O2. The fourth-order valence-corrected chi connectivity index (χ4v) is 2.54. The summed E-state index contributed by atoms with van der Waals surface area (Å²) in [5.74, 6) is -1.72. The van der Waals surface area contributed by atoms with Crippen LogP contribution in [0.15, 0.2) is 46.8 Å². The molecule has 1 heterocycles. The monoisotopic (exact) mass is 279 g/mol. The maximum absolute atomic E-state index is 11.4. The van der Waals surface area contributed by atoms with E-state index in [9.17, 15) is 20.4 Å². The fourth-order valence-electron chi connectivity index (χ4n) is 2.54. The lowest BCUT2D eigenvalue weighted by atomic mass is 9.80. The van der Waals surface area contributed by atoms with Crippen molar-refractivity contribution in [3.05, 3.63) is 57.9 Å². The highest BCUT2D eigenvalue weighted by molar-refractivity contribution is 5.90. The number of benzene rings is 1. The van der Waals surface area contributed by atoms with Gasteiger partial charge in [-0.15, -0.1) is 0 Å². The highest BCUT2D eigenvalue weighted by atomic mass is 16.4. The summed E-state index contributed by atoms with van der Waals surface area (Å²) >= 11 is 0. The summed E-state index contributed by atoms with van der Waals surface area (Å²) in [6, 6.07) is 10.6. The van der Waals surface area contributed by atoms with Gasteiger partial charge in [-0.2, -0.15) is 10.5 Å². The van der Waals surface area contributed by atoms with Crippen molar-refractivity contribution in [1.29, 1.82) is 10.5 Å². The average Bonchev–Trinajstić information content (AvgIpc) is 2.46. The lowest BCUT2D eigenvalue weighted by molar-refractivity contribution is 0.0695. The van der Waals surface area contributed by atoms with Crippen LogP contribution < -0.4 is 5.32 Å². The molecule has 21 heavy (non-hydrogen) atoms. The molecular weight excluding hydrogens is 266 g/mol. The van der Waals surface area contributed by atoms with Gasteiger partial charge in [0.15, 0.2) is 0 Å². The number of dihydropyridines is 1. The van der Waals surface area contributed by atoms with E-state index in [1.54, 1.807) is 32.0 Å². The van der Waals surface area contributed by atoms with Gasteiger partial charge in [-0.25, -0.2) is 4.79 Å². The van der Waals surface area contributed by atoms with Crippen molar-refractivity contribution in [3.8, 4) is 12.1 Å². The van der Waals surface area contributed by atoms with E-state index in [-0.39, 0.29) is 5.56 Å². The van der Waals surface area contributed by atoms with Crippen LogP contribution in [-0.2, 0) is 0 Å². The van der Waals surface area contributed by atoms with Crippen LogP contribution in [0, 0.1) is 22.7 Å². The summed E-state index contributed by atoms with van der Waals surface area (Å²) in [4.78, 5) is 11.4. The molecule has 1 aromatic rings. The Kier molecular flexibility index (Phi) is 3.77. The fraction of sp³-hybridized carbons (Fsp3) is 0.188. The number of carbonyl (C=O) groups is 1. The SMILES string of the molecule is CC1=C(C#N)C(c2ccccc2C(=O)O)C(C#N)=C(C)N1. The standard InChI is InChI=1S/C16H13N3O2/c1-9-13(7-17)15(14(8-18)10(2)19-9)11-5-3-4-6-12(11)16(20)21/h3-6,15,19H,1-2H3,(H,20,21). The van der Waals surface area contributed by atoms with Crippen molar-refractivity contribution in [2.75, 3.05) is 0 Å². The molecule has 0 atom stereocenters. The van der Waals surface area contributed by atoms with E-state index in [0.29, 0.717) is 28.1 Å². The second-order valence-electron chi connectivity index (χ2n) is 4.75. The van der Waals surface area contributed by atoms with Crippen LogP contribution in [0.5, 0.6) is 0 Å². The highest BCUT2D eigenvalue weighted by Gasteiger charge is 2.31. The van der Waals surface area contributed by atoms with E-state index >= 15 is 0 Å². The second-order valence-corrected chi connectivity index (χ2v) is 4.75. The molecule has 1 aromatic carbocycles. The molecule has 1 aliphatic rings. The number of nitrogens with zero attached hydrogens (tertiary/aromatic N) is 2. The molecule has 0 spiro atoms. The molecule has 0 unspecified atom stereocenters. The first kappa shape index (κ1) is 14.4. The molecule has 0 amide bonds. The van der Waals surface area contributed by atoms with E-state index in [0.717, 1.165) is 0 Å². The number of carboxylic acid groups (broad SMARTS) is 1. The van der Waals surface area contributed by atoms with E-state index in [2.05, 4.69) is 17.5 Å². The molecule has 5 nitrogen and oxygen atoms in total. The van der Waals surface area contributed by atoms with Crippen molar-refractivity contribution in [3.63, 3.8) is 0 Å². The van der Waals surface area contributed by atoms with Gasteiger partial charge in [0.05, 0.1) is 34.8 Å². The van der Waals surface area contributed by atoms with Gasteiger partial charge >= 0.3 is 5.97 Å². The van der Waals surface area contributed by atoms with Gasteiger partial charge < -0.3 is 10.4 Å². The number of hydrogen-bond acceptors (Lipinski definition) is 4. The Morgan fingerprint density at radius 2 is 1.67 bits per heavy atom. The molecule has 0 bridgehead atoms. The zero-order chi connectivity index (χ0) is 15.6. The Morgan fingerprint density at radius 1 is 1.14 bits per heavy atom. The van der Waals surface area contributed by atoms with Crippen molar-refractivity contribution in [1.82, 2.24) is 5.32 Å². The van der Waals surface area contributed by atoms with Gasteiger partial charge in [0.2, 0.25) is 0 Å². The Bertz CT molecular complexity index is 724. The normalized spacial score (nSPS) is 15.2. The second kappa shape index (κ2) is 5.52. The van der Waals surface area contributed by atoms with E-state index in [1.165, 1.54) is 6.07 Å². The Hall–Kier alpha value is -3.05. The van der Waals surface area contributed by atoms with Crippen LogP contribution in [0.3, 0.4) is 0 Å². The van der Waals surface area contributed by atoms with Crippen LogP contribution in [0.25, 0.3) is 0 Å². The predicted octanol–water partition coefficient (Wildman–Crippen LogP) is 2.67. The number of rotatable bonds is 2. The van der Waals surface area contributed by atoms with Crippen molar-refractivity contribution >= 4 is 5.97 Å². The van der Waals surface area contributed by atoms with Gasteiger partial charge in [0.25, 0.3) is 0 Å².